The van der Waals surface area contributed by atoms with Gasteiger partial charge in [0, 0.05) is 17.1 Å². The third-order valence-corrected chi connectivity index (χ3v) is 3.51. The van der Waals surface area contributed by atoms with E-state index in [9.17, 15) is 4.79 Å². The highest BCUT2D eigenvalue weighted by atomic mass is 35.5. The molecule has 2 heterocycles. The molecule has 0 spiro atoms. The molecule has 0 atom stereocenters. The third kappa shape index (κ3) is 3.88. The maximum absolute atomic E-state index is 11.9. The molecule has 0 aliphatic heterocycles. The smallest absolute Gasteiger partial charge is 0.233 e. The Kier molecular flexibility index (Phi) is 4.86. The van der Waals surface area contributed by atoms with Crippen LogP contribution in [0.5, 0.6) is 5.88 Å². The van der Waals surface area contributed by atoms with Gasteiger partial charge in [-0.25, -0.2) is 9.97 Å². The summed E-state index contributed by atoms with van der Waals surface area (Å²) in [4.78, 5) is 24.3. The first-order valence-corrected chi connectivity index (χ1v) is 7.21. The fourth-order valence-corrected chi connectivity index (χ4v) is 2.52. The van der Waals surface area contributed by atoms with Crippen molar-refractivity contribution < 1.29 is 9.53 Å². The van der Waals surface area contributed by atoms with Gasteiger partial charge in [0.1, 0.15) is 5.01 Å². The summed E-state index contributed by atoms with van der Waals surface area (Å²) in [5.41, 5.74) is 1.48. The lowest BCUT2D eigenvalue weighted by Gasteiger charge is -2.05. The van der Waals surface area contributed by atoms with Crippen LogP contribution in [0, 0.1) is 6.92 Å². The SMILES string of the molecule is COc1cc(C)nc(NC(=O)Cc2nc(CCl)cs2)n1. The van der Waals surface area contributed by atoms with Crippen molar-refractivity contribution in [2.75, 3.05) is 12.4 Å². The van der Waals surface area contributed by atoms with Gasteiger partial charge in [-0.1, -0.05) is 0 Å². The predicted octanol–water partition coefficient (Wildman–Crippen LogP) is 2.17. The fraction of sp³-hybridized carbons (Fsp3) is 0.333. The Balaban J connectivity index is 2.02. The van der Waals surface area contributed by atoms with E-state index in [0.717, 1.165) is 5.69 Å². The molecule has 2 aromatic rings. The average Bonchev–Trinajstić information content (AvgIpc) is 2.85. The molecule has 0 radical (unpaired) electrons. The van der Waals surface area contributed by atoms with Crippen molar-refractivity contribution >= 4 is 34.8 Å². The van der Waals surface area contributed by atoms with Crippen molar-refractivity contribution in [3.05, 3.63) is 27.8 Å². The van der Waals surface area contributed by atoms with Crippen LogP contribution in [0.25, 0.3) is 0 Å². The standard InChI is InChI=1S/C12H13ClN4O2S/c1-7-3-10(19-2)17-12(14-7)16-9(18)4-11-15-8(5-13)6-20-11/h3,6H,4-5H2,1-2H3,(H,14,16,17,18). The first kappa shape index (κ1) is 14.7. The number of aryl methyl sites for hydroxylation is 1. The summed E-state index contributed by atoms with van der Waals surface area (Å²) < 4.78 is 5.03. The summed E-state index contributed by atoms with van der Waals surface area (Å²) in [6.45, 7) is 1.80. The monoisotopic (exact) mass is 312 g/mol. The molecule has 0 aliphatic rings. The van der Waals surface area contributed by atoms with Gasteiger partial charge in [0.2, 0.25) is 17.7 Å². The van der Waals surface area contributed by atoms with E-state index in [0.29, 0.717) is 22.5 Å². The number of methoxy groups -OCH3 is 1. The second-order valence-electron chi connectivity index (χ2n) is 3.97. The van der Waals surface area contributed by atoms with Crippen LogP contribution in [0.4, 0.5) is 5.95 Å². The van der Waals surface area contributed by atoms with Crippen LogP contribution in [0.1, 0.15) is 16.4 Å². The van der Waals surface area contributed by atoms with Crippen LogP contribution in [0.15, 0.2) is 11.4 Å². The molecule has 1 amide bonds. The number of anilines is 1. The van der Waals surface area contributed by atoms with Gasteiger partial charge in [0.25, 0.3) is 0 Å². The molecule has 20 heavy (non-hydrogen) atoms. The molecule has 0 aromatic carbocycles. The lowest BCUT2D eigenvalue weighted by molar-refractivity contribution is -0.115. The zero-order chi connectivity index (χ0) is 14.5. The van der Waals surface area contributed by atoms with Crippen LogP contribution >= 0.6 is 22.9 Å². The number of aromatic nitrogens is 3. The lowest BCUT2D eigenvalue weighted by atomic mass is 10.4. The van der Waals surface area contributed by atoms with E-state index in [2.05, 4.69) is 20.3 Å². The maximum atomic E-state index is 11.9. The number of carbonyl (C=O) groups excluding carboxylic acids is 1. The van der Waals surface area contributed by atoms with Gasteiger partial charge in [0.05, 0.1) is 25.1 Å². The lowest BCUT2D eigenvalue weighted by Crippen LogP contribution is -2.16. The number of carbonyl (C=O) groups is 1. The van der Waals surface area contributed by atoms with Gasteiger partial charge in [-0.05, 0) is 6.92 Å². The van der Waals surface area contributed by atoms with Crippen LogP contribution in [-0.2, 0) is 17.1 Å². The minimum absolute atomic E-state index is 0.168. The number of thiazole rings is 1. The number of rotatable bonds is 5. The number of amides is 1. The zero-order valence-electron chi connectivity index (χ0n) is 11.0. The highest BCUT2D eigenvalue weighted by molar-refractivity contribution is 7.09. The first-order valence-electron chi connectivity index (χ1n) is 5.79. The molecule has 0 saturated carbocycles. The molecule has 0 bridgehead atoms. The minimum atomic E-state index is -0.229. The normalized spacial score (nSPS) is 10.3. The Hall–Kier alpha value is -1.73. The van der Waals surface area contributed by atoms with E-state index in [1.54, 1.807) is 13.0 Å². The molecule has 0 aliphatic carbocycles. The van der Waals surface area contributed by atoms with Crippen LogP contribution in [-0.4, -0.2) is 28.0 Å². The zero-order valence-corrected chi connectivity index (χ0v) is 12.6. The highest BCUT2D eigenvalue weighted by Gasteiger charge is 2.10. The molecule has 2 aromatic heterocycles. The quantitative estimate of drug-likeness (QED) is 0.856. The number of alkyl halides is 1. The highest BCUT2D eigenvalue weighted by Crippen LogP contribution is 2.14. The van der Waals surface area contributed by atoms with E-state index in [4.69, 9.17) is 16.3 Å². The summed E-state index contributed by atoms with van der Waals surface area (Å²) in [6, 6.07) is 1.68. The van der Waals surface area contributed by atoms with Gasteiger partial charge in [-0.2, -0.15) is 4.98 Å². The van der Waals surface area contributed by atoms with Gasteiger partial charge in [-0.15, -0.1) is 22.9 Å². The molecule has 106 valence electrons. The molecule has 0 fully saturated rings. The van der Waals surface area contributed by atoms with Crippen molar-refractivity contribution in [3.63, 3.8) is 0 Å². The maximum Gasteiger partial charge on any atom is 0.233 e. The molecule has 6 nitrogen and oxygen atoms in total. The second kappa shape index (κ2) is 6.62. The van der Waals surface area contributed by atoms with Crippen molar-refractivity contribution in [2.24, 2.45) is 0 Å². The van der Waals surface area contributed by atoms with Crippen molar-refractivity contribution in [3.8, 4) is 5.88 Å². The summed E-state index contributed by atoms with van der Waals surface area (Å²) in [7, 11) is 1.51. The molecule has 8 heteroatoms. The topological polar surface area (TPSA) is 77.0 Å². The minimum Gasteiger partial charge on any atom is -0.481 e. The van der Waals surface area contributed by atoms with E-state index in [1.165, 1.54) is 18.4 Å². The molecular formula is C12H13ClN4O2S. The van der Waals surface area contributed by atoms with Crippen molar-refractivity contribution in [2.45, 2.75) is 19.2 Å². The van der Waals surface area contributed by atoms with Gasteiger partial charge >= 0.3 is 0 Å². The number of hydrogen-bond donors (Lipinski definition) is 1. The number of hydrogen-bond acceptors (Lipinski definition) is 6. The molecule has 0 unspecified atom stereocenters. The Morgan fingerprint density at radius 3 is 2.90 bits per heavy atom. The Labute approximate surface area is 125 Å². The average molecular weight is 313 g/mol. The molecular weight excluding hydrogens is 300 g/mol. The Morgan fingerprint density at radius 2 is 2.25 bits per heavy atom. The van der Waals surface area contributed by atoms with Gasteiger partial charge < -0.3 is 4.74 Å². The Bertz CT molecular complexity index is 617. The van der Waals surface area contributed by atoms with E-state index in [-0.39, 0.29) is 18.3 Å². The second-order valence-corrected chi connectivity index (χ2v) is 5.18. The summed E-state index contributed by atoms with van der Waals surface area (Å²) in [5.74, 6) is 0.747. The first-order chi connectivity index (χ1) is 9.60. The summed E-state index contributed by atoms with van der Waals surface area (Å²) in [6.07, 6.45) is 0.168. The number of nitrogens with zero attached hydrogens (tertiary/aromatic N) is 3. The largest absolute Gasteiger partial charge is 0.481 e. The van der Waals surface area contributed by atoms with Gasteiger partial charge in [-0.3, -0.25) is 10.1 Å². The van der Waals surface area contributed by atoms with Crippen molar-refractivity contribution in [1.29, 1.82) is 0 Å². The van der Waals surface area contributed by atoms with Crippen LogP contribution < -0.4 is 10.1 Å². The van der Waals surface area contributed by atoms with E-state index >= 15 is 0 Å². The fourth-order valence-electron chi connectivity index (χ4n) is 1.50. The predicted molar refractivity (Wildman–Crippen MR) is 77.3 cm³/mol. The van der Waals surface area contributed by atoms with Crippen LogP contribution in [0.2, 0.25) is 0 Å². The van der Waals surface area contributed by atoms with E-state index < -0.39 is 0 Å². The number of nitrogens with one attached hydrogen (secondary N) is 1. The summed E-state index contributed by atoms with van der Waals surface area (Å²) >= 11 is 7.07. The molecule has 1 N–H and O–H groups in total. The molecule has 2 rings (SSSR count). The number of halogens is 1. The van der Waals surface area contributed by atoms with Gasteiger partial charge in [0.15, 0.2) is 0 Å². The van der Waals surface area contributed by atoms with E-state index in [1.807, 2.05) is 5.38 Å². The van der Waals surface area contributed by atoms with Crippen molar-refractivity contribution in [1.82, 2.24) is 15.0 Å². The Morgan fingerprint density at radius 1 is 1.45 bits per heavy atom. The molecule has 0 saturated heterocycles. The summed E-state index contributed by atoms with van der Waals surface area (Å²) in [5, 5.41) is 5.17. The van der Waals surface area contributed by atoms with Crippen LogP contribution in [0.3, 0.4) is 0 Å². The number of ether oxygens (including phenoxy) is 1. The third-order valence-electron chi connectivity index (χ3n) is 2.34.